The van der Waals surface area contributed by atoms with Gasteiger partial charge in [0.25, 0.3) is 0 Å². The molecule has 2 aliphatic rings. The van der Waals surface area contributed by atoms with Gasteiger partial charge in [0.15, 0.2) is 29.5 Å². The lowest BCUT2D eigenvalue weighted by Gasteiger charge is -2.21. The van der Waals surface area contributed by atoms with Crippen LogP contribution >= 0.6 is 11.6 Å². The van der Waals surface area contributed by atoms with Crippen molar-refractivity contribution in [3.8, 4) is 0 Å². The fourth-order valence-corrected chi connectivity index (χ4v) is 5.31. The minimum atomic E-state index is -1.10. The van der Waals surface area contributed by atoms with Crippen LogP contribution < -0.4 is 10.6 Å². The Morgan fingerprint density at radius 1 is 1.05 bits per heavy atom. The van der Waals surface area contributed by atoms with Crippen molar-refractivity contribution >= 4 is 40.6 Å². The Labute approximate surface area is 244 Å². The molecule has 42 heavy (non-hydrogen) atoms. The van der Waals surface area contributed by atoms with Crippen LogP contribution in [0.3, 0.4) is 0 Å². The largest absolute Gasteiger partial charge is 0.478 e. The van der Waals surface area contributed by atoms with E-state index in [-0.39, 0.29) is 24.6 Å². The molecule has 0 bridgehead atoms. The van der Waals surface area contributed by atoms with Crippen LogP contribution in [0.2, 0.25) is 5.02 Å². The molecule has 6 rings (SSSR count). The quantitative estimate of drug-likeness (QED) is 0.259. The maximum absolute atomic E-state index is 12.1. The van der Waals surface area contributed by atoms with E-state index in [2.05, 4.69) is 25.6 Å². The van der Waals surface area contributed by atoms with Crippen molar-refractivity contribution in [2.75, 3.05) is 18.5 Å². The van der Waals surface area contributed by atoms with Crippen LogP contribution in [-0.2, 0) is 25.6 Å². The van der Waals surface area contributed by atoms with Crippen LogP contribution in [0.15, 0.2) is 61.2 Å². The summed E-state index contributed by atoms with van der Waals surface area (Å²) in [5, 5.41) is 15.2. The van der Waals surface area contributed by atoms with E-state index in [4.69, 9.17) is 30.5 Å². The summed E-state index contributed by atoms with van der Waals surface area (Å²) in [4.78, 5) is 36.8. The van der Waals surface area contributed by atoms with Crippen molar-refractivity contribution in [3.63, 3.8) is 0 Å². The second kappa shape index (κ2) is 12.0. The highest BCUT2D eigenvalue weighted by atomic mass is 35.5. The highest BCUT2D eigenvalue weighted by molar-refractivity contribution is 6.31. The number of hydrogen-bond donors (Lipinski definition) is 3. The number of urea groups is 1. The van der Waals surface area contributed by atoms with Gasteiger partial charge in [0, 0.05) is 22.7 Å². The van der Waals surface area contributed by atoms with E-state index in [0.29, 0.717) is 28.3 Å². The molecule has 0 radical (unpaired) electrons. The highest BCUT2D eigenvalue weighted by Crippen LogP contribution is 2.45. The highest BCUT2D eigenvalue weighted by Gasteiger charge is 2.54. The van der Waals surface area contributed by atoms with E-state index in [1.54, 1.807) is 23.0 Å². The number of anilines is 1. The van der Waals surface area contributed by atoms with Gasteiger partial charge in [-0.05, 0) is 19.1 Å². The van der Waals surface area contributed by atoms with Gasteiger partial charge in [0.1, 0.15) is 24.6 Å². The van der Waals surface area contributed by atoms with Crippen molar-refractivity contribution in [1.29, 1.82) is 0 Å². The van der Waals surface area contributed by atoms with Gasteiger partial charge in [0.05, 0.1) is 25.1 Å². The number of nitrogens with zero attached hydrogens (tertiary/aromatic N) is 4. The van der Waals surface area contributed by atoms with E-state index >= 15 is 0 Å². The zero-order chi connectivity index (χ0) is 29.2. The number of carboxylic acid groups (broad SMARTS) is 1. The van der Waals surface area contributed by atoms with Gasteiger partial charge in [-0.15, -0.1) is 0 Å². The van der Waals surface area contributed by atoms with Gasteiger partial charge >= 0.3 is 12.0 Å². The Kier molecular flexibility index (Phi) is 8.00. The van der Waals surface area contributed by atoms with E-state index in [1.165, 1.54) is 12.4 Å². The van der Waals surface area contributed by atoms with Crippen LogP contribution in [-0.4, -0.2) is 68.1 Å². The summed E-state index contributed by atoms with van der Waals surface area (Å²) in [5.74, 6) is -0.847. The standard InChI is InChI=1S/C28H27ClN6O7/c1-2-30-28(38)34-23-20-24(32-13-31-23)35(14-33-20)25-22-21(41-27(42-22)15-7-4-3-5-8-15)19(40-25)12-39-11-17-16(26(36)37)9-6-10-18(17)29/h3-10,13-14,19,21-22,25,27H,2,11-12H2,1H3,(H,36,37)(H2,30,31,32,34,38)/t19?,21?,22?,25?,27-/m1/s1. The second-order valence-corrected chi connectivity index (χ2v) is 10.0. The molecule has 2 fully saturated rings. The first-order valence-electron chi connectivity index (χ1n) is 13.3. The number of amides is 2. The number of nitrogens with one attached hydrogen (secondary N) is 2. The number of carbonyl (C=O) groups excluding carboxylic acids is 1. The van der Waals surface area contributed by atoms with Gasteiger partial charge in [-0.1, -0.05) is 48.0 Å². The third kappa shape index (κ3) is 5.40. The first-order chi connectivity index (χ1) is 20.4. The Morgan fingerprint density at radius 3 is 2.64 bits per heavy atom. The molecule has 14 heteroatoms. The average molecular weight is 595 g/mol. The summed E-state index contributed by atoms with van der Waals surface area (Å²) in [6.45, 7) is 2.29. The fourth-order valence-electron chi connectivity index (χ4n) is 5.09. The topological polar surface area (TPSA) is 159 Å². The molecule has 0 spiro atoms. The van der Waals surface area contributed by atoms with E-state index in [9.17, 15) is 14.7 Å². The summed E-state index contributed by atoms with van der Waals surface area (Å²) < 4.78 is 26.8. The molecule has 4 unspecified atom stereocenters. The molecule has 2 aliphatic heterocycles. The van der Waals surface area contributed by atoms with Crippen LogP contribution in [0.4, 0.5) is 10.6 Å². The lowest BCUT2D eigenvalue weighted by molar-refractivity contribution is -0.158. The second-order valence-electron chi connectivity index (χ2n) is 9.63. The minimum Gasteiger partial charge on any atom is -0.478 e. The number of aromatic nitrogens is 4. The average Bonchev–Trinajstić information content (AvgIpc) is 3.69. The molecule has 0 saturated carbocycles. The fraction of sp³-hybridized carbons (Fsp3) is 0.321. The lowest BCUT2D eigenvalue weighted by atomic mass is 10.1. The van der Waals surface area contributed by atoms with Gasteiger partial charge in [0.2, 0.25) is 0 Å². The first kappa shape index (κ1) is 28.0. The third-order valence-corrected chi connectivity index (χ3v) is 7.35. The smallest absolute Gasteiger partial charge is 0.336 e. The normalized spacial score (nSPS) is 23.1. The van der Waals surface area contributed by atoms with E-state index in [1.807, 2.05) is 37.3 Å². The Bertz CT molecular complexity index is 1600. The van der Waals surface area contributed by atoms with Crippen molar-refractivity contribution in [3.05, 3.63) is 82.9 Å². The summed E-state index contributed by atoms with van der Waals surface area (Å²) in [6, 6.07) is 13.8. The first-order valence-corrected chi connectivity index (χ1v) is 13.6. The summed E-state index contributed by atoms with van der Waals surface area (Å²) in [7, 11) is 0. The SMILES string of the molecule is CCNC(=O)Nc1ncnc2c1ncn2C1OC(COCc2c(Cl)cccc2C(=O)O)C2O[C@@H](c3ccccc3)OC21. The van der Waals surface area contributed by atoms with Gasteiger partial charge in [-0.25, -0.2) is 24.5 Å². The zero-order valence-electron chi connectivity index (χ0n) is 22.3. The number of aromatic carboxylic acids is 1. The van der Waals surface area contributed by atoms with Gasteiger partial charge in [-0.3, -0.25) is 9.88 Å². The molecule has 5 atom stereocenters. The van der Waals surface area contributed by atoms with Crippen LogP contribution in [0, 0.1) is 0 Å². The van der Waals surface area contributed by atoms with Gasteiger partial charge < -0.3 is 29.4 Å². The van der Waals surface area contributed by atoms with Crippen LogP contribution in [0.1, 0.15) is 40.9 Å². The molecule has 218 valence electrons. The number of imidazole rings is 1. The Hall–Kier alpha value is -4.14. The Morgan fingerprint density at radius 2 is 1.86 bits per heavy atom. The molecule has 2 amide bonds. The summed E-state index contributed by atoms with van der Waals surface area (Å²) in [5.41, 5.74) is 2.08. The van der Waals surface area contributed by atoms with Crippen LogP contribution in [0.25, 0.3) is 11.2 Å². The number of ether oxygens (including phenoxy) is 4. The predicted octanol–water partition coefficient (Wildman–Crippen LogP) is 3.92. The molecule has 4 aromatic rings. The maximum atomic E-state index is 12.1. The maximum Gasteiger partial charge on any atom is 0.336 e. The van der Waals surface area contributed by atoms with Crippen LogP contribution in [0.5, 0.6) is 0 Å². The van der Waals surface area contributed by atoms with E-state index < -0.39 is 42.8 Å². The summed E-state index contributed by atoms with van der Waals surface area (Å²) >= 11 is 6.28. The number of benzene rings is 2. The zero-order valence-corrected chi connectivity index (χ0v) is 23.1. The van der Waals surface area contributed by atoms with Crippen molar-refractivity contribution < 1.29 is 33.6 Å². The number of carbonyl (C=O) groups is 2. The third-order valence-electron chi connectivity index (χ3n) is 7.00. The number of halogens is 1. The Balaban J connectivity index is 1.26. The molecule has 4 heterocycles. The van der Waals surface area contributed by atoms with Gasteiger partial charge in [-0.2, -0.15) is 0 Å². The number of hydrogen-bond acceptors (Lipinski definition) is 9. The van der Waals surface area contributed by atoms with E-state index in [0.717, 1.165) is 5.56 Å². The molecular formula is C28H27ClN6O7. The number of rotatable bonds is 9. The molecule has 0 aliphatic carbocycles. The van der Waals surface area contributed by atoms with Crippen molar-refractivity contribution in [2.45, 2.75) is 44.4 Å². The number of carboxylic acids is 1. The predicted molar refractivity (Wildman–Crippen MR) is 149 cm³/mol. The number of fused-ring (bicyclic) bond motifs is 2. The molecule has 13 nitrogen and oxygen atoms in total. The van der Waals surface area contributed by atoms with Crippen molar-refractivity contribution in [1.82, 2.24) is 24.8 Å². The molecule has 2 aromatic heterocycles. The van der Waals surface area contributed by atoms with Crippen molar-refractivity contribution in [2.24, 2.45) is 0 Å². The lowest BCUT2D eigenvalue weighted by Crippen LogP contribution is -2.31. The molecule has 2 aromatic carbocycles. The molecule has 2 saturated heterocycles. The molecule has 3 N–H and O–H groups in total. The molecular weight excluding hydrogens is 568 g/mol. The summed E-state index contributed by atoms with van der Waals surface area (Å²) in [6.07, 6.45) is -0.145. The monoisotopic (exact) mass is 594 g/mol. The minimum absolute atomic E-state index is 0.0394.